The number of unbranched alkanes of at least 4 members (excludes halogenated alkanes) is 1. The van der Waals surface area contributed by atoms with Crippen molar-refractivity contribution in [1.29, 1.82) is 0 Å². The Labute approximate surface area is 99.4 Å². The molecule has 1 unspecified atom stereocenters. The van der Waals surface area contributed by atoms with Crippen LogP contribution in [0, 0.1) is 5.92 Å². The van der Waals surface area contributed by atoms with Gasteiger partial charge in [-0.1, -0.05) is 33.1 Å². The molecule has 0 aliphatic heterocycles. The van der Waals surface area contributed by atoms with Gasteiger partial charge >= 0.3 is 10.4 Å². The molecular formula is C10H25NO4S. The van der Waals surface area contributed by atoms with Crippen LogP contribution in [0.25, 0.3) is 0 Å². The third kappa shape index (κ3) is 23.6. The topological polar surface area (TPSA) is 77.8 Å². The van der Waals surface area contributed by atoms with Gasteiger partial charge in [0.2, 0.25) is 0 Å². The molecule has 0 aromatic rings. The number of hydrogen-bond donors (Lipinski definition) is 2. The van der Waals surface area contributed by atoms with Crippen molar-refractivity contribution >= 4 is 10.4 Å². The second-order valence-corrected chi connectivity index (χ2v) is 5.02. The van der Waals surface area contributed by atoms with Crippen LogP contribution in [0.4, 0.5) is 0 Å². The molecule has 0 spiro atoms. The molecule has 0 radical (unpaired) electrons. The van der Waals surface area contributed by atoms with E-state index >= 15 is 0 Å². The smallest absolute Gasteiger partial charge is 0.309 e. The van der Waals surface area contributed by atoms with E-state index in [1.807, 2.05) is 0 Å². The van der Waals surface area contributed by atoms with Gasteiger partial charge in [0.25, 0.3) is 0 Å². The summed E-state index contributed by atoms with van der Waals surface area (Å²) >= 11 is 0. The number of rotatable bonds is 6. The van der Waals surface area contributed by atoms with Crippen LogP contribution in [0.1, 0.15) is 39.5 Å². The van der Waals surface area contributed by atoms with Gasteiger partial charge in [-0.25, -0.2) is 0 Å². The van der Waals surface area contributed by atoms with Crippen LogP contribution >= 0.6 is 0 Å². The van der Waals surface area contributed by atoms with Gasteiger partial charge in [0.15, 0.2) is 0 Å². The maximum atomic E-state index is 8.74. The third-order valence-electron chi connectivity index (χ3n) is 2.17. The highest BCUT2D eigenvalue weighted by Crippen LogP contribution is 2.12. The summed E-state index contributed by atoms with van der Waals surface area (Å²) in [7, 11) is -0.344. The molecule has 0 bridgehead atoms. The third-order valence-corrected chi connectivity index (χ3v) is 2.17. The first kappa shape index (κ1) is 18.2. The van der Waals surface area contributed by atoms with E-state index in [0.717, 1.165) is 5.92 Å². The maximum Gasteiger partial charge on any atom is 0.394 e. The Bertz CT molecular complexity index is 231. The molecule has 0 fully saturated rings. The van der Waals surface area contributed by atoms with Gasteiger partial charge in [-0.05, 0) is 26.4 Å². The maximum absolute atomic E-state index is 8.74. The zero-order valence-electron chi connectivity index (χ0n) is 10.7. The van der Waals surface area contributed by atoms with Gasteiger partial charge in [-0.2, -0.15) is 8.42 Å². The molecule has 0 amide bonds. The largest absolute Gasteiger partial charge is 0.394 e. The molecule has 5 nitrogen and oxygen atoms in total. The van der Waals surface area contributed by atoms with Crippen LogP contribution in [0.2, 0.25) is 0 Å². The second-order valence-electron chi connectivity index (χ2n) is 4.13. The van der Waals surface area contributed by atoms with E-state index in [0.29, 0.717) is 0 Å². The first-order valence-electron chi connectivity index (χ1n) is 5.55. The molecule has 0 aromatic carbocycles. The molecule has 0 aliphatic carbocycles. The Kier molecular flexibility index (Phi) is 11.4. The Balaban J connectivity index is 0. The molecule has 0 heterocycles. The number of nitrogens with zero attached hydrogens (tertiary/aromatic N) is 1. The number of hydrogen-bond acceptors (Lipinski definition) is 3. The zero-order chi connectivity index (χ0) is 13.2. The van der Waals surface area contributed by atoms with Crippen LogP contribution < -0.4 is 0 Å². The van der Waals surface area contributed by atoms with Gasteiger partial charge in [0, 0.05) is 6.54 Å². The lowest BCUT2D eigenvalue weighted by Crippen LogP contribution is -2.21. The Hall–Kier alpha value is -0.170. The molecule has 0 saturated heterocycles. The van der Waals surface area contributed by atoms with Gasteiger partial charge in [0.1, 0.15) is 0 Å². The van der Waals surface area contributed by atoms with Crippen LogP contribution in [-0.2, 0) is 10.4 Å². The van der Waals surface area contributed by atoms with Crippen molar-refractivity contribution in [2.24, 2.45) is 5.92 Å². The lowest BCUT2D eigenvalue weighted by molar-refractivity contribution is 0.301. The van der Waals surface area contributed by atoms with Crippen molar-refractivity contribution in [1.82, 2.24) is 4.90 Å². The SMILES string of the molecule is CCCCC(CC)CN(C)C.O=S(=O)(O)O. The minimum Gasteiger partial charge on any atom is -0.309 e. The zero-order valence-corrected chi connectivity index (χ0v) is 11.5. The summed E-state index contributed by atoms with van der Waals surface area (Å²) in [6.07, 6.45) is 5.47. The quantitative estimate of drug-likeness (QED) is 0.711. The summed E-state index contributed by atoms with van der Waals surface area (Å²) in [4.78, 5) is 2.30. The fourth-order valence-electron chi connectivity index (χ4n) is 1.43. The molecule has 0 aliphatic rings. The van der Waals surface area contributed by atoms with E-state index in [1.165, 1.54) is 32.2 Å². The van der Waals surface area contributed by atoms with E-state index in [2.05, 4.69) is 32.8 Å². The summed E-state index contributed by atoms with van der Waals surface area (Å²) in [5.74, 6) is 0.921. The first-order chi connectivity index (χ1) is 7.20. The van der Waals surface area contributed by atoms with Crippen molar-refractivity contribution < 1.29 is 17.5 Å². The molecular weight excluding hydrogens is 230 g/mol. The molecule has 0 aromatic heterocycles. The Morgan fingerprint density at radius 2 is 1.62 bits per heavy atom. The van der Waals surface area contributed by atoms with E-state index in [1.54, 1.807) is 0 Å². The first-order valence-corrected chi connectivity index (χ1v) is 6.95. The van der Waals surface area contributed by atoms with E-state index in [9.17, 15) is 0 Å². The van der Waals surface area contributed by atoms with Gasteiger partial charge in [-0.15, -0.1) is 0 Å². The summed E-state index contributed by atoms with van der Waals surface area (Å²) in [6.45, 7) is 5.82. The van der Waals surface area contributed by atoms with Crippen molar-refractivity contribution in [2.45, 2.75) is 39.5 Å². The van der Waals surface area contributed by atoms with Crippen molar-refractivity contribution in [3.63, 3.8) is 0 Å². The molecule has 100 valence electrons. The molecule has 0 saturated carbocycles. The molecule has 6 heteroatoms. The van der Waals surface area contributed by atoms with E-state index in [4.69, 9.17) is 17.5 Å². The van der Waals surface area contributed by atoms with Crippen molar-refractivity contribution in [3.8, 4) is 0 Å². The van der Waals surface area contributed by atoms with Crippen LogP contribution in [-0.4, -0.2) is 43.1 Å². The van der Waals surface area contributed by atoms with Crippen molar-refractivity contribution in [3.05, 3.63) is 0 Å². The lowest BCUT2D eigenvalue weighted by Gasteiger charge is -2.18. The lowest BCUT2D eigenvalue weighted by atomic mass is 9.99. The normalized spacial score (nSPS) is 13.2. The Morgan fingerprint density at radius 3 is 1.88 bits per heavy atom. The van der Waals surface area contributed by atoms with Gasteiger partial charge in [-0.3, -0.25) is 9.11 Å². The fraction of sp³-hybridized carbons (Fsp3) is 1.00. The predicted octanol–water partition coefficient (Wildman–Crippen LogP) is 2.11. The minimum absolute atomic E-state index is 0.921. The van der Waals surface area contributed by atoms with Gasteiger partial charge in [0.05, 0.1) is 0 Å². The summed E-state index contributed by atoms with van der Waals surface area (Å²) < 4.78 is 31.6. The average Bonchev–Trinajstić information content (AvgIpc) is 2.08. The minimum atomic E-state index is -4.67. The highest BCUT2D eigenvalue weighted by Gasteiger charge is 2.05. The predicted molar refractivity (Wildman–Crippen MR) is 66.0 cm³/mol. The Morgan fingerprint density at radius 1 is 1.19 bits per heavy atom. The fourth-order valence-corrected chi connectivity index (χ4v) is 1.43. The van der Waals surface area contributed by atoms with E-state index in [-0.39, 0.29) is 0 Å². The molecule has 0 rings (SSSR count). The molecule has 16 heavy (non-hydrogen) atoms. The highest BCUT2D eigenvalue weighted by molar-refractivity contribution is 7.79. The molecule has 1 atom stereocenters. The average molecular weight is 255 g/mol. The molecule has 2 N–H and O–H groups in total. The van der Waals surface area contributed by atoms with E-state index < -0.39 is 10.4 Å². The summed E-state index contributed by atoms with van der Waals surface area (Å²) in [6, 6.07) is 0. The van der Waals surface area contributed by atoms with Gasteiger partial charge < -0.3 is 4.90 Å². The summed E-state index contributed by atoms with van der Waals surface area (Å²) in [5.41, 5.74) is 0. The highest BCUT2D eigenvalue weighted by atomic mass is 32.3. The monoisotopic (exact) mass is 255 g/mol. The standard InChI is InChI=1S/C10H23N.H2O4S/c1-5-7-8-10(6-2)9-11(3)4;1-5(2,3)4/h10H,5-9H2,1-4H3;(H2,1,2,3,4). The van der Waals surface area contributed by atoms with Crippen LogP contribution in [0.15, 0.2) is 0 Å². The second kappa shape index (κ2) is 10.0. The van der Waals surface area contributed by atoms with Crippen LogP contribution in [0.5, 0.6) is 0 Å². The summed E-state index contributed by atoms with van der Waals surface area (Å²) in [5, 5.41) is 0. The van der Waals surface area contributed by atoms with Crippen molar-refractivity contribution in [2.75, 3.05) is 20.6 Å². The van der Waals surface area contributed by atoms with Crippen LogP contribution in [0.3, 0.4) is 0 Å².